The lowest BCUT2D eigenvalue weighted by atomic mass is 9.90. The van der Waals surface area contributed by atoms with E-state index in [1.54, 1.807) is 4.90 Å². The van der Waals surface area contributed by atoms with Crippen molar-refractivity contribution in [3.63, 3.8) is 0 Å². The van der Waals surface area contributed by atoms with Crippen LogP contribution in [-0.4, -0.2) is 34.8 Å². The van der Waals surface area contributed by atoms with Crippen LogP contribution < -0.4 is 10.6 Å². The van der Waals surface area contributed by atoms with Crippen molar-refractivity contribution in [1.29, 1.82) is 0 Å². The second-order valence-electron chi connectivity index (χ2n) is 7.58. The van der Waals surface area contributed by atoms with Crippen LogP contribution in [0.3, 0.4) is 0 Å². The normalized spacial score (nSPS) is 27.0. The molecule has 1 saturated carbocycles. The Balaban J connectivity index is 1.54. The Kier molecular flexibility index (Phi) is 3.78. The first kappa shape index (κ1) is 16.1. The Morgan fingerprint density at radius 3 is 2.72 bits per heavy atom. The minimum absolute atomic E-state index is 0.0320. The van der Waals surface area contributed by atoms with Gasteiger partial charge in [-0.2, -0.15) is 0 Å². The predicted molar refractivity (Wildman–Crippen MR) is 95.9 cm³/mol. The lowest BCUT2D eigenvalue weighted by Crippen LogP contribution is -2.50. The number of hydrogen-bond donors (Lipinski definition) is 1. The summed E-state index contributed by atoms with van der Waals surface area (Å²) < 4.78 is 0. The van der Waals surface area contributed by atoms with E-state index in [2.05, 4.69) is 4.99 Å². The third-order valence-electron chi connectivity index (χ3n) is 5.55. The lowest BCUT2D eigenvalue weighted by Gasteiger charge is -2.35. The molecule has 0 spiro atoms. The van der Waals surface area contributed by atoms with Crippen LogP contribution in [0.4, 0.5) is 5.69 Å². The number of nitrogens with zero attached hydrogens (tertiary/aromatic N) is 3. The van der Waals surface area contributed by atoms with E-state index < -0.39 is 0 Å². The summed E-state index contributed by atoms with van der Waals surface area (Å²) in [6, 6.07) is 7.79. The molecule has 3 aliphatic rings. The van der Waals surface area contributed by atoms with Gasteiger partial charge in [0, 0.05) is 18.7 Å². The Morgan fingerprint density at radius 2 is 2.08 bits per heavy atom. The van der Waals surface area contributed by atoms with Crippen LogP contribution in [-0.2, 0) is 16.1 Å². The number of rotatable bonds is 4. The van der Waals surface area contributed by atoms with Crippen LogP contribution in [0, 0.1) is 5.92 Å². The summed E-state index contributed by atoms with van der Waals surface area (Å²) in [6.07, 6.45) is 4.18. The van der Waals surface area contributed by atoms with E-state index in [1.165, 1.54) is 0 Å². The summed E-state index contributed by atoms with van der Waals surface area (Å²) in [6.45, 7) is 3.19. The summed E-state index contributed by atoms with van der Waals surface area (Å²) in [4.78, 5) is 32.6. The molecule has 0 bridgehead atoms. The highest BCUT2D eigenvalue weighted by atomic mass is 16.2. The number of amides is 2. The molecule has 6 nitrogen and oxygen atoms in total. The third kappa shape index (κ3) is 3.01. The molecular formula is C19H24N4O2. The van der Waals surface area contributed by atoms with Crippen molar-refractivity contribution in [1.82, 2.24) is 4.90 Å². The van der Waals surface area contributed by atoms with Crippen molar-refractivity contribution in [2.45, 2.75) is 51.1 Å². The highest BCUT2D eigenvalue weighted by Gasteiger charge is 2.46. The van der Waals surface area contributed by atoms with E-state index in [9.17, 15) is 9.59 Å². The van der Waals surface area contributed by atoms with Crippen LogP contribution in [0.2, 0.25) is 0 Å². The monoisotopic (exact) mass is 340 g/mol. The van der Waals surface area contributed by atoms with E-state index in [4.69, 9.17) is 5.73 Å². The van der Waals surface area contributed by atoms with Gasteiger partial charge in [-0.25, -0.2) is 4.99 Å². The second-order valence-corrected chi connectivity index (χ2v) is 7.58. The Labute approximate surface area is 147 Å². The smallest absolute Gasteiger partial charge is 0.232 e. The Bertz CT molecular complexity index is 756. The number of anilines is 1. The van der Waals surface area contributed by atoms with E-state index in [1.807, 2.05) is 36.1 Å². The fourth-order valence-corrected chi connectivity index (χ4v) is 3.93. The molecule has 1 saturated heterocycles. The quantitative estimate of drug-likeness (QED) is 0.911. The molecular weight excluding hydrogens is 316 g/mol. The van der Waals surface area contributed by atoms with Gasteiger partial charge < -0.3 is 10.6 Å². The van der Waals surface area contributed by atoms with Crippen molar-refractivity contribution < 1.29 is 9.59 Å². The summed E-state index contributed by atoms with van der Waals surface area (Å²) in [5, 5.41) is 0. The van der Waals surface area contributed by atoms with Gasteiger partial charge in [-0.15, -0.1) is 0 Å². The average Bonchev–Trinajstić information content (AvgIpc) is 3.34. The number of guanidine groups is 1. The first-order chi connectivity index (χ1) is 12.0. The van der Waals surface area contributed by atoms with Crippen molar-refractivity contribution >= 4 is 23.5 Å². The van der Waals surface area contributed by atoms with E-state index in [-0.39, 0.29) is 17.4 Å². The van der Waals surface area contributed by atoms with Crippen molar-refractivity contribution in [2.24, 2.45) is 16.6 Å². The van der Waals surface area contributed by atoms with Crippen LogP contribution in [0.5, 0.6) is 0 Å². The highest BCUT2D eigenvalue weighted by molar-refractivity contribution is 5.99. The lowest BCUT2D eigenvalue weighted by molar-refractivity contribution is -0.130. The molecule has 2 fully saturated rings. The number of carbonyl (C=O) groups excluding carboxylic acids is 2. The van der Waals surface area contributed by atoms with Crippen LogP contribution in [0.25, 0.3) is 0 Å². The highest BCUT2D eigenvalue weighted by Crippen LogP contribution is 2.45. The van der Waals surface area contributed by atoms with Gasteiger partial charge in [-0.05, 0) is 49.8 Å². The van der Waals surface area contributed by atoms with Gasteiger partial charge in [0.15, 0.2) is 5.96 Å². The fourth-order valence-electron chi connectivity index (χ4n) is 3.93. The standard InChI is InChI=1S/C19H24N4O2/c1-19(14-7-8-14)11-17(25)23(18(20)21-19)12-13-4-2-5-15(10-13)22-9-3-6-16(22)24/h2,4-5,10,14H,3,6-9,11-12H2,1H3,(H2,20,21). The van der Waals surface area contributed by atoms with E-state index >= 15 is 0 Å². The average molecular weight is 340 g/mol. The largest absolute Gasteiger partial charge is 0.369 e. The van der Waals surface area contributed by atoms with Crippen LogP contribution >= 0.6 is 0 Å². The molecule has 132 valence electrons. The Morgan fingerprint density at radius 1 is 1.28 bits per heavy atom. The predicted octanol–water partition coefficient (Wildman–Crippen LogP) is 2.03. The van der Waals surface area contributed by atoms with E-state index in [0.717, 1.165) is 37.1 Å². The molecule has 1 unspecified atom stereocenters. The molecule has 6 heteroatoms. The minimum Gasteiger partial charge on any atom is -0.369 e. The summed E-state index contributed by atoms with van der Waals surface area (Å²) in [7, 11) is 0. The molecule has 0 aromatic heterocycles. The maximum absolute atomic E-state index is 12.7. The molecule has 1 aromatic carbocycles. The number of carbonyl (C=O) groups is 2. The van der Waals surface area contributed by atoms with Crippen molar-refractivity contribution in [3.05, 3.63) is 29.8 Å². The zero-order valence-electron chi connectivity index (χ0n) is 14.6. The number of aliphatic imine (C=N–C) groups is 1. The molecule has 25 heavy (non-hydrogen) atoms. The number of benzene rings is 1. The summed E-state index contributed by atoms with van der Waals surface area (Å²) in [5.41, 5.74) is 7.65. The zero-order valence-corrected chi connectivity index (χ0v) is 14.6. The van der Waals surface area contributed by atoms with Gasteiger partial charge in [-0.1, -0.05) is 12.1 Å². The zero-order chi connectivity index (χ0) is 17.6. The van der Waals surface area contributed by atoms with Crippen LogP contribution in [0.1, 0.15) is 44.6 Å². The molecule has 0 radical (unpaired) electrons. The first-order valence-electron chi connectivity index (χ1n) is 9.01. The van der Waals surface area contributed by atoms with Crippen LogP contribution in [0.15, 0.2) is 29.3 Å². The maximum atomic E-state index is 12.7. The molecule has 1 aliphatic carbocycles. The first-order valence-corrected chi connectivity index (χ1v) is 9.01. The summed E-state index contributed by atoms with van der Waals surface area (Å²) >= 11 is 0. The Hall–Kier alpha value is -2.37. The number of nitrogens with two attached hydrogens (primary N) is 1. The number of hydrogen-bond acceptors (Lipinski definition) is 4. The van der Waals surface area contributed by atoms with Gasteiger partial charge in [0.1, 0.15) is 0 Å². The van der Waals surface area contributed by atoms with Gasteiger partial charge in [0.25, 0.3) is 0 Å². The summed E-state index contributed by atoms with van der Waals surface area (Å²) in [5.74, 6) is 0.993. The SMILES string of the molecule is CC1(C2CC2)CC(=O)N(Cc2cccc(N3CCCC3=O)c2)C(N)=N1. The minimum atomic E-state index is -0.332. The molecule has 4 rings (SSSR count). The molecule has 1 aromatic rings. The molecule has 1 atom stereocenters. The topological polar surface area (TPSA) is 79.0 Å². The van der Waals surface area contributed by atoms with Gasteiger partial charge in [0.05, 0.1) is 18.5 Å². The van der Waals surface area contributed by atoms with Gasteiger partial charge >= 0.3 is 0 Å². The van der Waals surface area contributed by atoms with E-state index in [0.29, 0.717) is 31.3 Å². The molecule has 2 heterocycles. The maximum Gasteiger partial charge on any atom is 0.232 e. The molecule has 2 aliphatic heterocycles. The van der Waals surface area contributed by atoms with Crippen molar-refractivity contribution in [2.75, 3.05) is 11.4 Å². The molecule has 2 N–H and O–H groups in total. The fraction of sp³-hybridized carbons (Fsp3) is 0.526. The second kappa shape index (κ2) is 5.86. The van der Waals surface area contributed by atoms with Gasteiger partial charge in [-0.3, -0.25) is 14.5 Å². The third-order valence-corrected chi connectivity index (χ3v) is 5.55. The molecule has 2 amide bonds. The van der Waals surface area contributed by atoms with Gasteiger partial charge in [0.2, 0.25) is 11.8 Å². The van der Waals surface area contributed by atoms with Crippen molar-refractivity contribution in [3.8, 4) is 0 Å².